The maximum atomic E-state index is 5.43. The van der Waals surface area contributed by atoms with Crippen molar-refractivity contribution < 1.29 is 0 Å². The van der Waals surface area contributed by atoms with Gasteiger partial charge in [0.25, 0.3) is 0 Å². The smallest absolute Gasteiger partial charge is 0.0861 e. The Bertz CT molecular complexity index is 2320. The van der Waals surface area contributed by atoms with Crippen molar-refractivity contribution in [3.63, 3.8) is 0 Å². The Balaban J connectivity index is 1.22. The van der Waals surface area contributed by atoms with E-state index in [0.29, 0.717) is 0 Å². The number of hydrogen-bond donors (Lipinski definition) is 0. The summed E-state index contributed by atoms with van der Waals surface area (Å²) in [5.74, 6) is 3.07. The Kier molecular flexibility index (Phi) is 12.9. The van der Waals surface area contributed by atoms with E-state index in [0.717, 1.165) is 58.6 Å². The fourth-order valence-electron chi connectivity index (χ4n) is 8.72. The molecule has 58 heavy (non-hydrogen) atoms. The molecule has 8 rings (SSSR count). The summed E-state index contributed by atoms with van der Waals surface area (Å²) < 4.78 is 0. The highest BCUT2D eigenvalue weighted by molar-refractivity contribution is 7.99. The van der Waals surface area contributed by atoms with Gasteiger partial charge in [-0.25, -0.2) is 9.98 Å². The third kappa shape index (κ3) is 9.35. The van der Waals surface area contributed by atoms with Gasteiger partial charge in [-0.1, -0.05) is 176 Å². The zero-order valence-corrected chi connectivity index (χ0v) is 37.1. The van der Waals surface area contributed by atoms with Crippen LogP contribution >= 0.6 is 23.5 Å². The second-order valence-electron chi connectivity index (χ2n) is 18.0. The number of fused-ring (bicyclic) bond motifs is 5. The van der Waals surface area contributed by atoms with Crippen LogP contribution in [-0.2, 0) is 12.8 Å². The lowest BCUT2D eigenvalue weighted by atomic mass is 9.90. The first-order valence-corrected chi connectivity index (χ1v) is 23.7. The summed E-state index contributed by atoms with van der Waals surface area (Å²) in [5, 5.41) is 4.63. The molecular formula is C54H60N2S2. The summed E-state index contributed by atoms with van der Waals surface area (Å²) in [6.45, 7) is 14.2. The van der Waals surface area contributed by atoms with Crippen LogP contribution in [0.4, 0.5) is 11.4 Å². The van der Waals surface area contributed by atoms with Gasteiger partial charge in [-0.05, 0) is 119 Å². The van der Waals surface area contributed by atoms with Crippen molar-refractivity contribution in [2.24, 2.45) is 33.7 Å². The lowest BCUT2D eigenvalue weighted by Gasteiger charge is -2.22. The Labute approximate surface area is 356 Å². The van der Waals surface area contributed by atoms with Gasteiger partial charge in [0.2, 0.25) is 0 Å². The van der Waals surface area contributed by atoms with Crippen LogP contribution in [0.1, 0.15) is 104 Å². The lowest BCUT2D eigenvalue weighted by molar-refractivity contribution is 0.437. The Morgan fingerprint density at radius 1 is 0.431 bits per heavy atom. The van der Waals surface area contributed by atoms with E-state index in [1.807, 2.05) is 23.5 Å². The average Bonchev–Trinajstić information content (AvgIpc) is 3.22. The van der Waals surface area contributed by atoms with Gasteiger partial charge in [-0.3, -0.25) is 0 Å². The van der Waals surface area contributed by atoms with Crippen molar-refractivity contribution in [3.8, 4) is 22.3 Å². The molecule has 2 atom stereocenters. The molecule has 298 valence electrons. The van der Waals surface area contributed by atoms with Crippen molar-refractivity contribution in [1.82, 2.24) is 0 Å². The molecule has 2 heterocycles. The van der Waals surface area contributed by atoms with E-state index in [-0.39, 0.29) is 0 Å². The topological polar surface area (TPSA) is 24.7 Å². The van der Waals surface area contributed by atoms with Crippen LogP contribution in [0.5, 0.6) is 0 Å². The molecular weight excluding hydrogens is 741 g/mol. The molecule has 0 amide bonds. The Morgan fingerprint density at radius 2 is 0.828 bits per heavy atom. The first kappa shape index (κ1) is 40.7. The van der Waals surface area contributed by atoms with E-state index in [4.69, 9.17) is 9.98 Å². The number of nitrogens with zero attached hydrogens (tertiary/aromatic N) is 2. The normalized spacial score (nSPS) is 14.0. The second-order valence-corrected chi connectivity index (χ2v) is 20.2. The van der Waals surface area contributed by atoms with Gasteiger partial charge in [0.15, 0.2) is 0 Å². The number of benzene rings is 6. The van der Waals surface area contributed by atoms with E-state index in [1.165, 1.54) is 115 Å². The molecule has 4 heteroatoms. The third-order valence-corrected chi connectivity index (χ3v) is 14.4. The molecule has 0 N–H and O–H groups in total. The van der Waals surface area contributed by atoms with E-state index < -0.39 is 0 Å². The van der Waals surface area contributed by atoms with Crippen molar-refractivity contribution in [2.45, 2.75) is 125 Å². The van der Waals surface area contributed by atoms with Gasteiger partial charge in [-0.15, -0.1) is 0 Å². The molecule has 0 aromatic heterocycles. The SMILES string of the molecule is CC(C)CCCC(C)CCc1ccc(-c2c3c(cc4c(-c5ccc(CCC(C)CCCC(C)C)cc5)c5c(cc24)Sc2ccccc2N=5)Sc2ccccc2N=3)cc1. The highest BCUT2D eigenvalue weighted by Gasteiger charge is 2.24. The summed E-state index contributed by atoms with van der Waals surface area (Å²) in [6, 6.07) is 40.9. The van der Waals surface area contributed by atoms with E-state index >= 15 is 0 Å². The maximum Gasteiger partial charge on any atom is 0.0861 e. The summed E-state index contributed by atoms with van der Waals surface area (Å²) in [5.41, 5.74) is 9.81. The van der Waals surface area contributed by atoms with Crippen molar-refractivity contribution in [1.29, 1.82) is 0 Å². The predicted molar refractivity (Wildman–Crippen MR) is 250 cm³/mol. The third-order valence-electron chi connectivity index (χ3n) is 12.2. The number of rotatable bonds is 16. The predicted octanol–water partition coefficient (Wildman–Crippen LogP) is 15.8. The molecule has 0 radical (unpaired) electrons. The quantitative estimate of drug-likeness (QED) is 0.0972. The first-order valence-electron chi connectivity index (χ1n) is 22.0. The van der Waals surface area contributed by atoms with Gasteiger partial charge in [-0.2, -0.15) is 0 Å². The molecule has 0 fully saturated rings. The molecule has 6 aromatic carbocycles. The average molecular weight is 801 g/mol. The Morgan fingerprint density at radius 3 is 1.22 bits per heavy atom. The van der Waals surface area contributed by atoms with Crippen LogP contribution in [0.2, 0.25) is 0 Å². The van der Waals surface area contributed by atoms with Crippen LogP contribution in [0.3, 0.4) is 0 Å². The second kappa shape index (κ2) is 18.4. The monoisotopic (exact) mass is 800 g/mol. The molecule has 0 saturated heterocycles. The van der Waals surface area contributed by atoms with Crippen molar-refractivity contribution in [3.05, 3.63) is 131 Å². The molecule has 6 aromatic rings. The van der Waals surface area contributed by atoms with Gasteiger partial charge in [0.1, 0.15) is 0 Å². The molecule has 0 spiro atoms. The standard InChI is InChI=1S/C54H60N2S2/c1-35(2)13-11-15-37(5)21-23-39-25-29-41(30-26-39)51-43-33-50-54(56-46-18-8-10-20-48(46)58-50)52(44(43)34-49-53(51)55-45-17-7-9-19-47(45)57-49)42-31-27-40(28-32-42)24-22-38(6)16-12-14-36(3)4/h7-10,17-20,25-38H,11-16,21-24H2,1-6H3. The first-order chi connectivity index (χ1) is 28.2. The highest BCUT2D eigenvalue weighted by Crippen LogP contribution is 2.45. The number of para-hydroxylation sites is 2. The van der Waals surface area contributed by atoms with E-state index in [9.17, 15) is 0 Å². The molecule has 2 nitrogen and oxygen atoms in total. The maximum absolute atomic E-state index is 5.43. The van der Waals surface area contributed by atoms with Crippen molar-refractivity contribution >= 4 is 45.7 Å². The highest BCUT2D eigenvalue weighted by atomic mass is 32.2. The largest absolute Gasteiger partial charge is 0.246 e. The lowest BCUT2D eigenvalue weighted by Crippen LogP contribution is -2.17. The minimum atomic E-state index is 0.745. The number of aryl methyl sites for hydroxylation is 2. The summed E-state index contributed by atoms with van der Waals surface area (Å²) in [4.78, 5) is 15.7. The van der Waals surface area contributed by atoms with Crippen LogP contribution in [-0.4, -0.2) is 0 Å². The molecule has 2 aliphatic heterocycles. The number of hydrogen-bond acceptors (Lipinski definition) is 4. The summed E-state index contributed by atoms with van der Waals surface area (Å²) >= 11 is 3.70. The fourth-order valence-corrected chi connectivity index (χ4v) is 10.8. The molecule has 0 saturated carbocycles. The van der Waals surface area contributed by atoms with Crippen LogP contribution < -0.4 is 10.7 Å². The van der Waals surface area contributed by atoms with Gasteiger partial charge >= 0.3 is 0 Å². The van der Waals surface area contributed by atoms with Gasteiger partial charge in [0.05, 0.1) is 22.1 Å². The molecule has 0 bridgehead atoms. The molecule has 2 unspecified atom stereocenters. The van der Waals surface area contributed by atoms with Crippen LogP contribution in [0.15, 0.2) is 139 Å². The Hall–Kier alpha value is -4.12. The van der Waals surface area contributed by atoms with Gasteiger partial charge < -0.3 is 0 Å². The van der Waals surface area contributed by atoms with Gasteiger partial charge in [0, 0.05) is 30.7 Å². The van der Waals surface area contributed by atoms with Crippen LogP contribution in [0.25, 0.3) is 33.0 Å². The zero-order valence-electron chi connectivity index (χ0n) is 35.5. The summed E-state index contributed by atoms with van der Waals surface area (Å²) in [7, 11) is 0. The minimum Gasteiger partial charge on any atom is -0.246 e. The van der Waals surface area contributed by atoms with Crippen LogP contribution in [0, 0.1) is 23.7 Å². The zero-order chi connectivity index (χ0) is 40.2. The van der Waals surface area contributed by atoms with E-state index in [1.54, 1.807) is 0 Å². The molecule has 0 aliphatic carbocycles. The minimum absolute atomic E-state index is 0.745. The van der Waals surface area contributed by atoms with E-state index in [2.05, 4.69) is 151 Å². The molecule has 2 aliphatic rings. The fraction of sp³-hybridized carbons (Fsp3) is 0.370. The summed E-state index contributed by atoms with van der Waals surface area (Å²) in [6.07, 6.45) is 12.7. The van der Waals surface area contributed by atoms with Crippen molar-refractivity contribution in [2.75, 3.05) is 0 Å².